The molecule has 140 valence electrons. The first-order valence-corrected chi connectivity index (χ1v) is 9.20. The van der Waals surface area contributed by atoms with Gasteiger partial charge in [0.1, 0.15) is 0 Å². The summed E-state index contributed by atoms with van der Waals surface area (Å²) in [5.74, 6) is 0.547. The van der Waals surface area contributed by atoms with Crippen molar-refractivity contribution in [3.8, 4) is 11.5 Å². The Morgan fingerprint density at radius 2 is 1.82 bits per heavy atom. The van der Waals surface area contributed by atoms with Crippen LogP contribution in [0.5, 0.6) is 0 Å². The lowest BCUT2D eigenvalue weighted by Gasteiger charge is -2.02. The third-order valence-electron chi connectivity index (χ3n) is 3.85. The van der Waals surface area contributed by atoms with Gasteiger partial charge in [0.05, 0.1) is 10.2 Å². The highest BCUT2D eigenvalue weighted by Crippen LogP contribution is 2.29. The van der Waals surface area contributed by atoms with Gasteiger partial charge in [-0.05, 0) is 49.4 Å². The molecule has 0 saturated heterocycles. The second kappa shape index (κ2) is 7.20. The molecule has 0 unspecified atom stereocenters. The first-order chi connectivity index (χ1) is 13.5. The summed E-state index contributed by atoms with van der Waals surface area (Å²) in [4.78, 5) is 32.2. The standard InChI is InChI=1S/C19H15N5O3S/c1-10-20-18(27-24-10)13-5-3-12(4-6-13)17(26)23-19-22-15-8-7-14(21-11(2)25)9-16(15)28-19/h3-9H,1-2H3,(H,21,25)(H,22,23,26). The number of aryl methyl sites for hydroxylation is 1. The number of nitrogens with one attached hydrogen (secondary N) is 2. The largest absolute Gasteiger partial charge is 0.334 e. The zero-order valence-corrected chi connectivity index (χ0v) is 15.8. The van der Waals surface area contributed by atoms with E-state index >= 15 is 0 Å². The zero-order valence-electron chi connectivity index (χ0n) is 15.0. The molecule has 0 fully saturated rings. The van der Waals surface area contributed by atoms with Crippen LogP contribution in [0.15, 0.2) is 47.0 Å². The number of anilines is 2. The number of nitrogens with zero attached hydrogens (tertiary/aromatic N) is 3. The second-order valence-corrected chi connectivity index (χ2v) is 7.09. The molecule has 28 heavy (non-hydrogen) atoms. The van der Waals surface area contributed by atoms with Crippen molar-refractivity contribution in [3.63, 3.8) is 0 Å². The van der Waals surface area contributed by atoms with E-state index in [0.29, 0.717) is 28.1 Å². The van der Waals surface area contributed by atoms with Gasteiger partial charge in [-0.3, -0.25) is 14.9 Å². The molecule has 4 rings (SSSR count). The molecular formula is C19H15N5O3S. The molecule has 9 heteroatoms. The molecule has 2 heterocycles. The number of hydrogen-bond acceptors (Lipinski definition) is 7. The summed E-state index contributed by atoms with van der Waals surface area (Å²) < 4.78 is 5.98. The molecular weight excluding hydrogens is 378 g/mol. The van der Waals surface area contributed by atoms with E-state index in [0.717, 1.165) is 15.8 Å². The molecule has 2 N–H and O–H groups in total. The van der Waals surface area contributed by atoms with Crippen LogP contribution in [0.2, 0.25) is 0 Å². The van der Waals surface area contributed by atoms with Crippen LogP contribution in [0.3, 0.4) is 0 Å². The number of rotatable bonds is 4. The highest BCUT2D eigenvalue weighted by Gasteiger charge is 2.12. The average molecular weight is 393 g/mol. The number of carbonyl (C=O) groups is 2. The maximum absolute atomic E-state index is 12.5. The SMILES string of the molecule is CC(=O)Nc1ccc2nc(NC(=O)c3ccc(-c4nc(C)no4)cc3)sc2c1. The molecule has 4 aromatic rings. The highest BCUT2D eigenvalue weighted by molar-refractivity contribution is 7.22. The van der Waals surface area contributed by atoms with Gasteiger partial charge in [0, 0.05) is 23.7 Å². The molecule has 0 radical (unpaired) electrons. The van der Waals surface area contributed by atoms with Crippen molar-refractivity contribution in [2.75, 3.05) is 10.6 Å². The third kappa shape index (κ3) is 3.74. The van der Waals surface area contributed by atoms with Crippen molar-refractivity contribution in [3.05, 3.63) is 53.9 Å². The van der Waals surface area contributed by atoms with E-state index in [-0.39, 0.29) is 11.8 Å². The fourth-order valence-electron chi connectivity index (χ4n) is 2.61. The molecule has 0 aliphatic rings. The number of benzene rings is 2. The Morgan fingerprint density at radius 3 is 2.50 bits per heavy atom. The maximum Gasteiger partial charge on any atom is 0.257 e. The third-order valence-corrected chi connectivity index (χ3v) is 4.78. The number of aromatic nitrogens is 3. The number of fused-ring (bicyclic) bond motifs is 1. The van der Waals surface area contributed by atoms with Gasteiger partial charge in [0.2, 0.25) is 5.91 Å². The first-order valence-electron chi connectivity index (χ1n) is 8.38. The number of hydrogen-bond donors (Lipinski definition) is 2. The van der Waals surface area contributed by atoms with Gasteiger partial charge < -0.3 is 9.84 Å². The monoisotopic (exact) mass is 393 g/mol. The molecule has 8 nitrogen and oxygen atoms in total. The molecule has 2 amide bonds. The summed E-state index contributed by atoms with van der Waals surface area (Å²) in [6.45, 7) is 3.19. The molecule has 0 atom stereocenters. The smallest absolute Gasteiger partial charge is 0.257 e. The number of carbonyl (C=O) groups excluding carboxylic acids is 2. The Kier molecular flexibility index (Phi) is 4.58. The minimum atomic E-state index is -0.269. The average Bonchev–Trinajstić information content (AvgIpc) is 3.26. The Labute approximate surface area is 163 Å². The predicted octanol–water partition coefficient (Wildman–Crippen LogP) is 3.87. The maximum atomic E-state index is 12.5. The van der Waals surface area contributed by atoms with Crippen LogP contribution in [-0.4, -0.2) is 26.9 Å². The normalized spacial score (nSPS) is 10.8. The second-order valence-electron chi connectivity index (χ2n) is 6.06. The number of thiazole rings is 1. The summed E-state index contributed by atoms with van der Waals surface area (Å²) in [5, 5.41) is 9.77. The predicted molar refractivity (Wildman–Crippen MR) is 106 cm³/mol. The fraction of sp³-hybridized carbons (Fsp3) is 0.105. The summed E-state index contributed by atoms with van der Waals surface area (Å²) >= 11 is 1.34. The van der Waals surface area contributed by atoms with Crippen LogP contribution in [0.4, 0.5) is 10.8 Å². The molecule has 0 aliphatic heterocycles. The van der Waals surface area contributed by atoms with Gasteiger partial charge in [-0.2, -0.15) is 4.98 Å². The lowest BCUT2D eigenvalue weighted by molar-refractivity contribution is -0.114. The summed E-state index contributed by atoms with van der Waals surface area (Å²) in [5.41, 5.74) is 2.66. The Hall–Kier alpha value is -3.59. The fourth-order valence-corrected chi connectivity index (χ4v) is 3.51. The number of amides is 2. The van der Waals surface area contributed by atoms with Crippen molar-refractivity contribution < 1.29 is 14.1 Å². The van der Waals surface area contributed by atoms with Gasteiger partial charge in [0.15, 0.2) is 11.0 Å². The van der Waals surface area contributed by atoms with Crippen LogP contribution >= 0.6 is 11.3 Å². The summed E-state index contributed by atoms with van der Waals surface area (Å²) in [7, 11) is 0. The molecule has 0 spiro atoms. The quantitative estimate of drug-likeness (QED) is 0.545. The summed E-state index contributed by atoms with van der Waals surface area (Å²) in [6.07, 6.45) is 0. The zero-order chi connectivity index (χ0) is 19.7. The molecule has 2 aromatic carbocycles. The van der Waals surface area contributed by atoms with Crippen molar-refractivity contribution in [1.29, 1.82) is 0 Å². The minimum Gasteiger partial charge on any atom is -0.334 e. The van der Waals surface area contributed by atoms with Crippen LogP contribution in [-0.2, 0) is 4.79 Å². The molecule has 0 aliphatic carbocycles. The Morgan fingerprint density at radius 1 is 1.04 bits per heavy atom. The van der Waals surface area contributed by atoms with E-state index in [9.17, 15) is 9.59 Å². The van der Waals surface area contributed by atoms with Crippen molar-refractivity contribution >= 4 is 44.2 Å². The molecule has 0 saturated carbocycles. The van der Waals surface area contributed by atoms with Crippen molar-refractivity contribution in [2.45, 2.75) is 13.8 Å². The van der Waals surface area contributed by atoms with Gasteiger partial charge in [-0.25, -0.2) is 4.98 Å². The van der Waals surface area contributed by atoms with Gasteiger partial charge in [-0.1, -0.05) is 16.5 Å². The van der Waals surface area contributed by atoms with E-state index in [1.807, 2.05) is 6.07 Å². The molecule has 0 bridgehead atoms. The van der Waals surface area contributed by atoms with Gasteiger partial charge in [-0.15, -0.1) is 0 Å². The molecule has 2 aromatic heterocycles. The lowest BCUT2D eigenvalue weighted by atomic mass is 10.1. The van der Waals surface area contributed by atoms with Crippen molar-refractivity contribution in [2.24, 2.45) is 0 Å². The van der Waals surface area contributed by atoms with Gasteiger partial charge >= 0.3 is 0 Å². The summed E-state index contributed by atoms with van der Waals surface area (Å²) in [6, 6.07) is 12.3. The lowest BCUT2D eigenvalue weighted by Crippen LogP contribution is -2.11. The van der Waals surface area contributed by atoms with E-state index in [1.165, 1.54) is 18.3 Å². The van der Waals surface area contributed by atoms with Crippen molar-refractivity contribution in [1.82, 2.24) is 15.1 Å². The Bertz CT molecular complexity index is 1180. The van der Waals surface area contributed by atoms with Crippen LogP contribution in [0, 0.1) is 6.92 Å². The van der Waals surface area contributed by atoms with E-state index in [4.69, 9.17) is 4.52 Å². The van der Waals surface area contributed by atoms with Crippen LogP contribution < -0.4 is 10.6 Å². The van der Waals surface area contributed by atoms with Gasteiger partial charge in [0.25, 0.3) is 11.8 Å². The van der Waals surface area contributed by atoms with Crippen LogP contribution in [0.25, 0.3) is 21.7 Å². The van der Waals surface area contributed by atoms with E-state index < -0.39 is 0 Å². The van der Waals surface area contributed by atoms with E-state index in [2.05, 4.69) is 25.8 Å². The minimum absolute atomic E-state index is 0.142. The first kappa shape index (κ1) is 17.8. The topological polar surface area (TPSA) is 110 Å². The van der Waals surface area contributed by atoms with Crippen LogP contribution in [0.1, 0.15) is 23.1 Å². The Balaban J connectivity index is 1.50. The van der Waals surface area contributed by atoms with E-state index in [1.54, 1.807) is 43.3 Å². The highest BCUT2D eigenvalue weighted by atomic mass is 32.1.